The van der Waals surface area contributed by atoms with Gasteiger partial charge in [-0.15, -0.1) is 0 Å². The summed E-state index contributed by atoms with van der Waals surface area (Å²) < 4.78 is 43.0. The van der Waals surface area contributed by atoms with E-state index < -0.39 is 21.7 Å². The molecule has 2 aromatic heterocycles. The van der Waals surface area contributed by atoms with E-state index in [1.807, 2.05) is 12.1 Å². The number of fused-ring (bicyclic) bond motifs is 1. The smallest absolute Gasteiger partial charge is 0.264 e. The molecule has 0 aliphatic carbocycles. The highest BCUT2D eigenvalue weighted by Gasteiger charge is 2.26. The van der Waals surface area contributed by atoms with E-state index in [1.54, 1.807) is 61.7 Å². The molecular formula is C28H23FN4O3S2. The van der Waals surface area contributed by atoms with Gasteiger partial charge in [0, 0.05) is 18.3 Å². The summed E-state index contributed by atoms with van der Waals surface area (Å²) in [5.74, 6) is -0.877. The van der Waals surface area contributed by atoms with Gasteiger partial charge in [0.2, 0.25) is 0 Å². The highest BCUT2D eigenvalue weighted by molar-refractivity contribution is 7.92. The van der Waals surface area contributed by atoms with E-state index in [-0.39, 0.29) is 29.1 Å². The monoisotopic (exact) mass is 546 g/mol. The van der Waals surface area contributed by atoms with E-state index in [0.29, 0.717) is 21.2 Å². The van der Waals surface area contributed by atoms with Crippen LogP contribution in [0.3, 0.4) is 0 Å². The Kier molecular flexibility index (Phi) is 7.17. The highest BCUT2D eigenvalue weighted by Crippen LogP contribution is 2.32. The van der Waals surface area contributed by atoms with E-state index in [0.717, 1.165) is 0 Å². The van der Waals surface area contributed by atoms with Gasteiger partial charge in [-0.25, -0.2) is 17.8 Å². The first-order valence-corrected chi connectivity index (χ1v) is 14.1. The zero-order valence-electron chi connectivity index (χ0n) is 20.4. The topological polar surface area (TPSA) is 83.5 Å². The number of benzene rings is 3. The van der Waals surface area contributed by atoms with Crippen molar-refractivity contribution in [1.29, 1.82) is 0 Å². The number of nitrogens with zero attached hydrogens (tertiary/aromatic N) is 4. The first kappa shape index (κ1) is 25.5. The van der Waals surface area contributed by atoms with Crippen LogP contribution in [0.25, 0.3) is 10.2 Å². The van der Waals surface area contributed by atoms with Crippen molar-refractivity contribution in [2.45, 2.75) is 18.4 Å². The van der Waals surface area contributed by atoms with E-state index in [2.05, 4.69) is 9.97 Å². The second-order valence-corrected chi connectivity index (χ2v) is 11.2. The number of para-hydroxylation sites is 2. The maximum Gasteiger partial charge on any atom is 0.264 e. The van der Waals surface area contributed by atoms with Gasteiger partial charge < -0.3 is 0 Å². The molecule has 0 saturated carbocycles. The summed E-state index contributed by atoms with van der Waals surface area (Å²) in [4.78, 5) is 23.9. The predicted molar refractivity (Wildman–Crippen MR) is 147 cm³/mol. The predicted octanol–water partition coefficient (Wildman–Crippen LogP) is 5.89. The molecule has 0 unspecified atom stereocenters. The molecule has 5 rings (SSSR count). The van der Waals surface area contributed by atoms with Crippen LogP contribution in [0.4, 0.5) is 15.2 Å². The lowest BCUT2D eigenvalue weighted by Crippen LogP contribution is -2.32. The Labute approximate surface area is 223 Å². The lowest BCUT2D eigenvalue weighted by atomic mass is 10.2. The number of amides is 1. The van der Waals surface area contributed by atoms with Gasteiger partial charge in [-0.1, -0.05) is 41.7 Å². The Morgan fingerprint density at radius 3 is 2.32 bits per heavy atom. The molecule has 0 spiro atoms. The summed E-state index contributed by atoms with van der Waals surface area (Å²) >= 11 is 1.20. The van der Waals surface area contributed by atoms with Crippen LogP contribution >= 0.6 is 11.3 Å². The van der Waals surface area contributed by atoms with Gasteiger partial charge in [-0.05, 0) is 67.6 Å². The number of thiazole rings is 1. The van der Waals surface area contributed by atoms with Crippen molar-refractivity contribution in [3.8, 4) is 0 Å². The third-order valence-electron chi connectivity index (χ3n) is 5.90. The van der Waals surface area contributed by atoms with Crippen molar-refractivity contribution >= 4 is 48.3 Å². The third-order valence-corrected chi connectivity index (χ3v) is 8.86. The van der Waals surface area contributed by atoms with Gasteiger partial charge >= 0.3 is 0 Å². The van der Waals surface area contributed by atoms with Crippen LogP contribution in [-0.4, -0.2) is 30.8 Å². The van der Waals surface area contributed by atoms with Crippen LogP contribution in [0.5, 0.6) is 0 Å². The van der Waals surface area contributed by atoms with Crippen LogP contribution in [-0.2, 0) is 16.6 Å². The number of sulfonamides is 1. The molecule has 0 fully saturated rings. The molecule has 0 atom stereocenters. The average Bonchev–Trinajstić information content (AvgIpc) is 3.38. The van der Waals surface area contributed by atoms with Gasteiger partial charge in [0.15, 0.2) is 5.13 Å². The molecule has 5 aromatic rings. The fourth-order valence-corrected chi connectivity index (χ4v) is 6.49. The van der Waals surface area contributed by atoms with Crippen molar-refractivity contribution in [2.75, 3.05) is 15.7 Å². The second kappa shape index (κ2) is 10.7. The normalized spacial score (nSPS) is 11.4. The number of carbonyl (C=O) groups is 1. The largest absolute Gasteiger partial charge is 0.278 e. The van der Waals surface area contributed by atoms with Crippen LogP contribution in [0.1, 0.15) is 23.0 Å². The number of hydrogen-bond donors (Lipinski definition) is 0. The van der Waals surface area contributed by atoms with Gasteiger partial charge in [0.25, 0.3) is 15.9 Å². The molecule has 0 aliphatic rings. The lowest BCUT2D eigenvalue weighted by Gasteiger charge is -2.23. The van der Waals surface area contributed by atoms with E-state index >= 15 is 0 Å². The number of anilines is 2. The molecule has 0 bridgehead atoms. The molecular weight excluding hydrogens is 523 g/mol. The highest BCUT2D eigenvalue weighted by atomic mass is 32.2. The van der Waals surface area contributed by atoms with Crippen molar-refractivity contribution in [3.63, 3.8) is 0 Å². The summed E-state index contributed by atoms with van der Waals surface area (Å²) in [6, 6.07) is 24.7. The minimum absolute atomic E-state index is 0.0677. The zero-order valence-corrected chi connectivity index (χ0v) is 22.0. The number of halogens is 1. The van der Waals surface area contributed by atoms with Gasteiger partial charge in [0.05, 0.1) is 27.5 Å². The molecule has 10 heteroatoms. The van der Waals surface area contributed by atoms with Crippen LogP contribution in [0.15, 0.2) is 102 Å². The number of aromatic nitrogens is 2. The molecule has 1 amide bonds. The Bertz CT molecular complexity index is 1680. The molecule has 2 heterocycles. The molecule has 0 aliphatic heterocycles. The number of pyridine rings is 1. The second-order valence-electron chi connectivity index (χ2n) is 8.33. The standard InChI is InChI=1S/C28H23FN4O3S2/c1-2-33(22-10-4-3-5-11-22)38(35,36)23-16-14-20(15-17-23)27(34)32(19-21-9-6-7-18-30-21)28-31-26-24(29)12-8-13-25(26)37-28/h3-18H,2,19H2,1H3. The fourth-order valence-electron chi connectivity index (χ4n) is 4.04. The molecule has 3 aromatic carbocycles. The maximum atomic E-state index is 14.4. The van der Waals surface area contributed by atoms with E-state index in [9.17, 15) is 17.6 Å². The first-order valence-electron chi connectivity index (χ1n) is 11.8. The SMILES string of the molecule is CCN(c1ccccc1)S(=O)(=O)c1ccc(C(=O)N(Cc2ccccn2)c2nc3c(F)cccc3s2)cc1. The summed E-state index contributed by atoms with van der Waals surface area (Å²) in [6.45, 7) is 2.12. The Hall–Kier alpha value is -4.15. The van der Waals surface area contributed by atoms with Crippen molar-refractivity contribution in [1.82, 2.24) is 9.97 Å². The molecule has 38 heavy (non-hydrogen) atoms. The summed E-state index contributed by atoms with van der Waals surface area (Å²) in [6.07, 6.45) is 1.63. The van der Waals surface area contributed by atoms with Crippen molar-refractivity contribution < 1.29 is 17.6 Å². The minimum atomic E-state index is -3.84. The zero-order chi connectivity index (χ0) is 26.7. The van der Waals surface area contributed by atoms with Gasteiger partial charge in [0.1, 0.15) is 11.3 Å². The Morgan fingerprint density at radius 1 is 0.921 bits per heavy atom. The van der Waals surface area contributed by atoms with E-state index in [1.165, 1.54) is 50.9 Å². The molecule has 192 valence electrons. The van der Waals surface area contributed by atoms with Gasteiger partial charge in [-0.2, -0.15) is 0 Å². The fraction of sp³-hybridized carbons (Fsp3) is 0.107. The Balaban J connectivity index is 1.49. The lowest BCUT2D eigenvalue weighted by molar-refractivity contribution is 0.0984. The number of carbonyl (C=O) groups excluding carboxylic acids is 1. The summed E-state index contributed by atoms with van der Waals surface area (Å²) in [5.41, 5.74) is 1.64. The molecule has 0 radical (unpaired) electrons. The third kappa shape index (κ3) is 5.00. The maximum absolute atomic E-state index is 14.4. The number of rotatable bonds is 8. The van der Waals surface area contributed by atoms with Crippen molar-refractivity contribution in [2.24, 2.45) is 0 Å². The van der Waals surface area contributed by atoms with Crippen LogP contribution in [0.2, 0.25) is 0 Å². The van der Waals surface area contributed by atoms with Crippen LogP contribution in [0, 0.1) is 5.82 Å². The van der Waals surface area contributed by atoms with Crippen molar-refractivity contribution in [3.05, 3.63) is 114 Å². The van der Waals surface area contributed by atoms with Crippen LogP contribution < -0.4 is 9.21 Å². The quantitative estimate of drug-likeness (QED) is 0.242. The van der Waals surface area contributed by atoms with E-state index in [4.69, 9.17) is 0 Å². The summed E-state index contributed by atoms with van der Waals surface area (Å²) in [7, 11) is -3.84. The summed E-state index contributed by atoms with van der Waals surface area (Å²) in [5, 5.41) is 0.318. The molecule has 0 N–H and O–H groups in total. The first-order chi connectivity index (χ1) is 18.4. The average molecular weight is 547 g/mol. The van der Waals surface area contributed by atoms with Gasteiger partial charge in [-0.3, -0.25) is 19.0 Å². The molecule has 0 saturated heterocycles. The molecule has 7 nitrogen and oxygen atoms in total. The number of hydrogen-bond acceptors (Lipinski definition) is 6. The Morgan fingerprint density at radius 2 is 1.66 bits per heavy atom. The minimum Gasteiger partial charge on any atom is -0.278 e.